The Labute approximate surface area is 179 Å². The van der Waals surface area contributed by atoms with E-state index in [1.54, 1.807) is 0 Å². The second-order valence-electron chi connectivity index (χ2n) is 8.08. The molecule has 30 heavy (non-hydrogen) atoms. The molecule has 1 rings (SSSR count). The summed E-state index contributed by atoms with van der Waals surface area (Å²) in [6.45, 7) is 3.42. The maximum absolute atomic E-state index is 12.2. The highest BCUT2D eigenvalue weighted by Gasteiger charge is 2.44. The minimum atomic E-state index is -1.54. The van der Waals surface area contributed by atoms with Crippen LogP contribution in [0.2, 0.25) is 0 Å². The molecule has 0 bridgehead atoms. The molecule has 0 aromatic rings. The van der Waals surface area contributed by atoms with Crippen LogP contribution in [0.3, 0.4) is 0 Å². The maximum atomic E-state index is 12.2. The molecule has 0 spiro atoms. The molecule has 1 heterocycles. The van der Waals surface area contributed by atoms with Crippen LogP contribution in [0.4, 0.5) is 0 Å². The monoisotopic (exact) mass is 435 g/mol. The van der Waals surface area contributed by atoms with Crippen LogP contribution in [-0.4, -0.2) is 87.5 Å². The highest BCUT2D eigenvalue weighted by atomic mass is 16.7. The SMILES string of the molecule is CCCCCCCC(O)C(COC1OC(CO)C(O)C(O)C1O)NC(=O)CCCC. The van der Waals surface area contributed by atoms with Gasteiger partial charge in [-0.2, -0.15) is 0 Å². The molecular formula is C21H41NO8. The molecule has 178 valence electrons. The molecule has 1 amide bonds. The van der Waals surface area contributed by atoms with Gasteiger partial charge in [0.1, 0.15) is 24.4 Å². The lowest BCUT2D eigenvalue weighted by Gasteiger charge is -2.40. The fraction of sp³-hybridized carbons (Fsp3) is 0.952. The quantitative estimate of drug-likeness (QED) is 0.200. The first-order valence-corrected chi connectivity index (χ1v) is 11.2. The van der Waals surface area contributed by atoms with Gasteiger partial charge in [0.25, 0.3) is 0 Å². The highest BCUT2D eigenvalue weighted by molar-refractivity contribution is 5.76. The number of ether oxygens (including phenoxy) is 2. The number of carbonyl (C=O) groups is 1. The fourth-order valence-corrected chi connectivity index (χ4v) is 3.43. The van der Waals surface area contributed by atoms with Gasteiger partial charge in [-0.25, -0.2) is 0 Å². The lowest BCUT2D eigenvalue weighted by atomic mass is 9.99. The van der Waals surface area contributed by atoms with Crippen molar-refractivity contribution in [1.82, 2.24) is 5.32 Å². The van der Waals surface area contributed by atoms with Crippen LogP contribution in [0.5, 0.6) is 0 Å². The van der Waals surface area contributed by atoms with E-state index in [2.05, 4.69) is 12.2 Å². The summed E-state index contributed by atoms with van der Waals surface area (Å²) in [5, 5.41) is 52.5. The van der Waals surface area contributed by atoms with Crippen LogP contribution in [-0.2, 0) is 14.3 Å². The van der Waals surface area contributed by atoms with E-state index in [1.807, 2.05) is 6.92 Å². The summed E-state index contributed by atoms with van der Waals surface area (Å²) in [4.78, 5) is 12.2. The van der Waals surface area contributed by atoms with Gasteiger partial charge in [-0.15, -0.1) is 0 Å². The normalized spacial score (nSPS) is 28.8. The van der Waals surface area contributed by atoms with Gasteiger partial charge < -0.3 is 40.3 Å². The predicted octanol–water partition coefficient (Wildman–Crippen LogP) is 0.199. The number of nitrogens with one attached hydrogen (secondary N) is 1. The summed E-state index contributed by atoms with van der Waals surface area (Å²) >= 11 is 0. The minimum Gasteiger partial charge on any atom is -0.394 e. The Morgan fingerprint density at radius 1 is 1.00 bits per heavy atom. The average Bonchev–Trinajstić information content (AvgIpc) is 2.74. The van der Waals surface area contributed by atoms with Crippen molar-refractivity contribution in [2.75, 3.05) is 13.2 Å². The van der Waals surface area contributed by atoms with Gasteiger partial charge in [0.05, 0.1) is 25.4 Å². The number of rotatable bonds is 15. The second-order valence-corrected chi connectivity index (χ2v) is 8.08. The third-order valence-corrected chi connectivity index (χ3v) is 5.46. The molecule has 6 N–H and O–H groups in total. The van der Waals surface area contributed by atoms with Gasteiger partial charge >= 0.3 is 0 Å². The van der Waals surface area contributed by atoms with Gasteiger partial charge in [-0.3, -0.25) is 4.79 Å². The lowest BCUT2D eigenvalue weighted by molar-refractivity contribution is -0.302. The van der Waals surface area contributed by atoms with Crippen LogP contribution in [0.25, 0.3) is 0 Å². The standard InChI is InChI=1S/C21H41NO8/c1-3-5-7-8-9-10-15(24)14(22-17(25)11-6-4-2)13-29-21-20(28)19(27)18(26)16(12-23)30-21/h14-16,18-21,23-24,26-28H,3-13H2,1-2H3,(H,22,25). The Morgan fingerprint density at radius 3 is 2.30 bits per heavy atom. The summed E-state index contributed by atoms with van der Waals surface area (Å²) < 4.78 is 10.9. The fourth-order valence-electron chi connectivity index (χ4n) is 3.43. The molecule has 7 atom stereocenters. The molecule has 7 unspecified atom stereocenters. The van der Waals surface area contributed by atoms with Crippen molar-refractivity contribution in [2.45, 2.75) is 114 Å². The number of hydrogen-bond acceptors (Lipinski definition) is 8. The second kappa shape index (κ2) is 15.1. The Kier molecular flexibility index (Phi) is 13.7. The Morgan fingerprint density at radius 2 is 1.67 bits per heavy atom. The Bertz CT molecular complexity index is 464. The third kappa shape index (κ3) is 9.13. The molecule has 1 saturated heterocycles. The van der Waals surface area contributed by atoms with E-state index in [9.17, 15) is 30.3 Å². The molecule has 9 nitrogen and oxygen atoms in total. The first-order valence-electron chi connectivity index (χ1n) is 11.2. The average molecular weight is 436 g/mol. The van der Waals surface area contributed by atoms with Crippen molar-refractivity contribution >= 4 is 5.91 Å². The molecule has 0 radical (unpaired) electrons. The van der Waals surface area contributed by atoms with Gasteiger partial charge in [0.2, 0.25) is 5.91 Å². The van der Waals surface area contributed by atoms with Crippen molar-refractivity contribution in [2.24, 2.45) is 0 Å². The summed E-state index contributed by atoms with van der Waals surface area (Å²) in [5.41, 5.74) is 0. The van der Waals surface area contributed by atoms with Gasteiger partial charge in [0, 0.05) is 6.42 Å². The van der Waals surface area contributed by atoms with E-state index in [4.69, 9.17) is 9.47 Å². The van der Waals surface area contributed by atoms with Crippen LogP contribution in [0.15, 0.2) is 0 Å². The lowest BCUT2D eigenvalue weighted by Crippen LogP contribution is -2.60. The number of hydrogen-bond donors (Lipinski definition) is 6. The van der Waals surface area contributed by atoms with E-state index in [1.165, 1.54) is 0 Å². The molecule has 1 aliphatic heterocycles. The molecule has 0 saturated carbocycles. The van der Waals surface area contributed by atoms with E-state index >= 15 is 0 Å². The van der Waals surface area contributed by atoms with Crippen molar-refractivity contribution in [3.8, 4) is 0 Å². The number of aliphatic hydroxyl groups excluding tert-OH is 5. The topological polar surface area (TPSA) is 149 Å². The number of unbranched alkanes of at least 4 members (excludes halogenated alkanes) is 5. The summed E-state index contributed by atoms with van der Waals surface area (Å²) in [5.74, 6) is -0.190. The first kappa shape index (κ1) is 27.2. The zero-order valence-electron chi connectivity index (χ0n) is 18.3. The van der Waals surface area contributed by atoms with Crippen molar-refractivity contribution in [3.05, 3.63) is 0 Å². The first-order chi connectivity index (χ1) is 14.3. The molecule has 0 aromatic carbocycles. The van der Waals surface area contributed by atoms with E-state index in [0.717, 1.165) is 44.9 Å². The largest absolute Gasteiger partial charge is 0.394 e. The molecule has 1 fully saturated rings. The number of aliphatic hydroxyl groups is 5. The molecule has 0 aliphatic carbocycles. The summed E-state index contributed by atoms with van der Waals surface area (Å²) in [6, 6.07) is -0.701. The minimum absolute atomic E-state index is 0.142. The smallest absolute Gasteiger partial charge is 0.220 e. The number of amides is 1. The van der Waals surface area contributed by atoms with Crippen molar-refractivity contribution in [1.29, 1.82) is 0 Å². The van der Waals surface area contributed by atoms with Crippen LogP contribution in [0, 0.1) is 0 Å². The Balaban J connectivity index is 2.65. The summed E-state index contributed by atoms with van der Waals surface area (Å²) in [7, 11) is 0. The zero-order valence-corrected chi connectivity index (χ0v) is 18.3. The van der Waals surface area contributed by atoms with E-state index < -0.39 is 49.5 Å². The van der Waals surface area contributed by atoms with Gasteiger partial charge in [0.15, 0.2) is 6.29 Å². The molecule has 9 heteroatoms. The van der Waals surface area contributed by atoms with Gasteiger partial charge in [-0.1, -0.05) is 52.4 Å². The van der Waals surface area contributed by atoms with Crippen molar-refractivity contribution in [3.63, 3.8) is 0 Å². The van der Waals surface area contributed by atoms with Crippen LogP contribution in [0.1, 0.15) is 71.6 Å². The summed E-state index contributed by atoms with van der Waals surface area (Å²) in [6.07, 6.45) is -0.0936. The Hall–Kier alpha value is -0.810. The predicted molar refractivity (Wildman–Crippen MR) is 111 cm³/mol. The molecular weight excluding hydrogens is 394 g/mol. The maximum Gasteiger partial charge on any atom is 0.220 e. The van der Waals surface area contributed by atoms with E-state index in [0.29, 0.717) is 12.8 Å². The zero-order chi connectivity index (χ0) is 22.5. The van der Waals surface area contributed by atoms with Crippen molar-refractivity contribution < 1.29 is 39.8 Å². The van der Waals surface area contributed by atoms with Crippen LogP contribution < -0.4 is 5.32 Å². The number of carbonyl (C=O) groups excluding carboxylic acids is 1. The van der Waals surface area contributed by atoms with E-state index in [-0.39, 0.29) is 12.5 Å². The van der Waals surface area contributed by atoms with Gasteiger partial charge in [-0.05, 0) is 12.8 Å². The third-order valence-electron chi connectivity index (χ3n) is 5.46. The molecule has 1 aliphatic rings. The molecule has 0 aromatic heterocycles. The van der Waals surface area contributed by atoms with Crippen LogP contribution >= 0.6 is 0 Å². The highest BCUT2D eigenvalue weighted by Crippen LogP contribution is 2.22.